The summed E-state index contributed by atoms with van der Waals surface area (Å²) >= 11 is 0. The molecule has 0 aliphatic heterocycles. The van der Waals surface area contributed by atoms with Gasteiger partial charge in [-0.25, -0.2) is 4.79 Å². The molecule has 0 radical (unpaired) electrons. The monoisotopic (exact) mass is 335 g/mol. The SMILES string of the molecule is C=C(C)C(=O)OCCCCCCn1c2ccccc2c2ccccc21. The first-order valence-electron chi connectivity index (χ1n) is 8.97. The Morgan fingerprint density at radius 1 is 0.920 bits per heavy atom. The maximum Gasteiger partial charge on any atom is 0.333 e. The molecule has 0 amide bonds. The van der Waals surface area contributed by atoms with Crippen molar-refractivity contribution in [2.75, 3.05) is 6.61 Å². The number of hydrogen-bond acceptors (Lipinski definition) is 2. The molecular weight excluding hydrogens is 310 g/mol. The summed E-state index contributed by atoms with van der Waals surface area (Å²) in [5, 5.41) is 2.65. The fourth-order valence-electron chi connectivity index (χ4n) is 3.26. The van der Waals surface area contributed by atoms with E-state index in [0.717, 1.165) is 32.2 Å². The summed E-state index contributed by atoms with van der Waals surface area (Å²) in [7, 11) is 0. The number of carbonyl (C=O) groups excluding carboxylic acids is 1. The first-order chi connectivity index (χ1) is 12.2. The van der Waals surface area contributed by atoms with Crippen LogP contribution in [0.4, 0.5) is 0 Å². The van der Waals surface area contributed by atoms with Crippen molar-refractivity contribution in [3.05, 3.63) is 60.7 Å². The molecule has 0 aliphatic rings. The van der Waals surface area contributed by atoms with E-state index in [1.165, 1.54) is 21.8 Å². The van der Waals surface area contributed by atoms with Crippen molar-refractivity contribution in [3.63, 3.8) is 0 Å². The lowest BCUT2D eigenvalue weighted by atomic mass is 10.2. The second kappa shape index (κ2) is 8.02. The fraction of sp³-hybridized carbons (Fsp3) is 0.318. The number of para-hydroxylation sites is 2. The van der Waals surface area contributed by atoms with Crippen molar-refractivity contribution >= 4 is 27.8 Å². The van der Waals surface area contributed by atoms with Crippen molar-refractivity contribution in [1.29, 1.82) is 0 Å². The van der Waals surface area contributed by atoms with E-state index < -0.39 is 0 Å². The highest BCUT2D eigenvalue weighted by atomic mass is 16.5. The van der Waals surface area contributed by atoms with Crippen LogP contribution in [-0.4, -0.2) is 17.1 Å². The Hall–Kier alpha value is -2.55. The van der Waals surface area contributed by atoms with Crippen molar-refractivity contribution in [3.8, 4) is 0 Å². The molecule has 0 aliphatic carbocycles. The molecule has 0 saturated heterocycles. The third-order valence-corrected chi connectivity index (χ3v) is 4.54. The molecule has 3 nitrogen and oxygen atoms in total. The maximum atomic E-state index is 11.3. The number of aromatic nitrogens is 1. The molecule has 3 aromatic rings. The van der Waals surface area contributed by atoms with Crippen LogP contribution in [0.2, 0.25) is 0 Å². The minimum absolute atomic E-state index is 0.287. The molecular formula is C22H25NO2. The number of esters is 1. The molecule has 1 heterocycles. The quantitative estimate of drug-likeness (QED) is 0.310. The van der Waals surface area contributed by atoms with Crippen LogP contribution in [0.15, 0.2) is 60.7 Å². The predicted molar refractivity (Wildman–Crippen MR) is 104 cm³/mol. The standard InChI is InChI=1S/C22H25NO2/c1-17(2)22(24)25-16-10-4-3-9-15-23-20-13-7-5-11-18(20)19-12-6-8-14-21(19)23/h5-8,11-14H,1,3-4,9-10,15-16H2,2H3. The van der Waals surface area contributed by atoms with Crippen LogP contribution >= 0.6 is 0 Å². The predicted octanol–water partition coefficient (Wildman–Crippen LogP) is 5.47. The van der Waals surface area contributed by atoms with Gasteiger partial charge in [0.2, 0.25) is 0 Å². The first kappa shape index (κ1) is 17.3. The Bertz CT molecular complexity index is 838. The highest BCUT2D eigenvalue weighted by molar-refractivity contribution is 6.07. The van der Waals surface area contributed by atoms with E-state index in [2.05, 4.69) is 59.7 Å². The molecule has 0 spiro atoms. The van der Waals surface area contributed by atoms with E-state index in [1.807, 2.05) is 0 Å². The van der Waals surface area contributed by atoms with Crippen LogP contribution in [0.5, 0.6) is 0 Å². The molecule has 0 atom stereocenters. The Kier molecular flexibility index (Phi) is 5.54. The summed E-state index contributed by atoms with van der Waals surface area (Å²) in [6.07, 6.45) is 4.23. The van der Waals surface area contributed by atoms with Gasteiger partial charge in [-0.05, 0) is 38.3 Å². The Morgan fingerprint density at radius 3 is 2.08 bits per heavy atom. The highest BCUT2D eigenvalue weighted by Crippen LogP contribution is 2.29. The van der Waals surface area contributed by atoms with Gasteiger partial charge in [0.1, 0.15) is 0 Å². The molecule has 3 heteroatoms. The van der Waals surface area contributed by atoms with Gasteiger partial charge in [-0.3, -0.25) is 0 Å². The van der Waals surface area contributed by atoms with E-state index in [9.17, 15) is 4.79 Å². The molecule has 0 saturated carbocycles. The zero-order chi connectivity index (χ0) is 17.6. The molecule has 0 bridgehead atoms. The summed E-state index contributed by atoms with van der Waals surface area (Å²) in [5.41, 5.74) is 3.07. The lowest BCUT2D eigenvalue weighted by Crippen LogP contribution is -2.06. The van der Waals surface area contributed by atoms with Gasteiger partial charge in [-0.15, -0.1) is 0 Å². The smallest absolute Gasteiger partial charge is 0.333 e. The third-order valence-electron chi connectivity index (χ3n) is 4.54. The number of fused-ring (bicyclic) bond motifs is 3. The second-order valence-corrected chi connectivity index (χ2v) is 6.52. The largest absolute Gasteiger partial charge is 0.462 e. The number of ether oxygens (including phenoxy) is 1. The zero-order valence-electron chi connectivity index (χ0n) is 14.8. The lowest BCUT2D eigenvalue weighted by molar-refractivity contribution is -0.139. The molecule has 130 valence electrons. The number of aryl methyl sites for hydroxylation is 1. The van der Waals surface area contributed by atoms with Crippen LogP contribution < -0.4 is 0 Å². The van der Waals surface area contributed by atoms with Gasteiger partial charge in [0.25, 0.3) is 0 Å². The third kappa shape index (κ3) is 3.93. The number of carbonyl (C=O) groups is 1. The van der Waals surface area contributed by atoms with Crippen LogP contribution in [0, 0.1) is 0 Å². The van der Waals surface area contributed by atoms with Crippen molar-refractivity contribution in [2.45, 2.75) is 39.2 Å². The Balaban J connectivity index is 1.55. The van der Waals surface area contributed by atoms with Crippen LogP contribution in [-0.2, 0) is 16.1 Å². The average molecular weight is 335 g/mol. The molecule has 0 fully saturated rings. The van der Waals surface area contributed by atoms with Gasteiger partial charge in [-0.2, -0.15) is 0 Å². The number of rotatable bonds is 8. The van der Waals surface area contributed by atoms with Gasteiger partial charge in [0, 0.05) is 33.9 Å². The summed E-state index contributed by atoms with van der Waals surface area (Å²) in [6.45, 7) is 6.76. The molecule has 1 aromatic heterocycles. The van der Waals surface area contributed by atoms with Gasteiger partial charge < -0.3 is 9.30 Å². The summed E-state index contributed by atoms with van der Waals surface area (Å²) < 4.78 is 7.55. The van der Waals surface area contributed by atoms with Crippen LogP contribution in [0.1, 0.15) is 32.6 Å². The first-order valence-corrected chi connectivity index (χ1v) is 8.97. The normalized spacial score (nSPS) is 11.1. The molecule has 0 unspecified atom stereocenters. The van der Waals surface area contributed by atoms with Crippen molar-refractivity contribution in [1.82, 2.24) is 4.57 Å². The second-order valence-electron chi connectivity index (χ2n) is 6.52. The zero-order valence-corrected chi connectivity index (χ0v) is 14.8. The minimum Gasteiger partial charge on any atom is -0.462 e. The van der Waals surface area contributed by atoms with Crippen molar-refractivity contribution < 1.29 is 9.53 Å². The number of unbranched alkanes of at least 4 members (excludes halogenated alkanes) is 3. The average Bonchev–Trinajstić information content (AvgIpc) is 2.95. The van der Waals surface area contributed by atoms with E-state index in [1.54, 1.807) is 6.92 Å². The number of hydrogen-bond donors (Lipinski definition) is 0. The van der Waals surface area contributed by atoms with Gasteiger partial charge >= 0.3 is 5.97 Å². The van der Waals surface area contributed by atoms with E-state index >= 15 is 0 Å². The maximum absolute atomic E-state index is 11.3. The van der Waals surface area contributed by atoms with Crippen LogP contribution in [0.3, 0.4) is 0 Å². The summed E-state index contributed by atoms with van der Waals surface area (Å²) in [5.74, 6) is -0.287. The molecule has 3 rings (SSSR count). The Morgan fingerprint density at radius 2 is 1.48 bits per heavy atom. The Labute approximate surface area is 148 Å². The van der Waals surface area contributed by atoms with E-state index in [-0.39, 0.29) is 5.97 Å². The van der Waals surface area contributed by atoms with Crippen LogP contribution in [0.25, 0.3) is 21.8 Å². The van der Waals surface area contributed by atoms with Crippen molar-refractivity contribution in [2.24, 2.45) is 0 Å². The fourth-order valence-corrected chi connectivity index (χ4v) is 3.26. The molecule has 0 N–H and O–H groups in total. The number of nitrogens with zero attached hydrogens (tertiary/aromatic N) is 1. The number of benzene rings is 2. The van der Waals surface area contributed by atoms with Gasteiger partial charge in [0.05, 0.1) is 6.61 Å². The summed E-state index contributed by atoms with van der Waals surface area (Å²) in [4.78, 5) is 11.3. The topological polar surface area (TPSA) is 31.2 Å². The van der Waals surface area contributed by atoms with E-state index in [0.29, 0.717) is 12.2 Å². The van der Waals surface area contributed by atoms with Gasteiger partial charge in [-0.1, -0.05) is 49.4 Å². The molecule has 25 heavy (non-hydrogen) atoms. The van der Waals surface area contributed by atoms with E-state index in [4.69, 9.17) is 4.74 Å². The highest BCUT2D eigenvalue weighted by Gasteiger charge is 2.09. The molecule has 2 aromatic carbocycles. The lowest BCUT2D eigenvalue weighted by Gasteiger charge is -2.08. The summed E-state index contributed by atoms with van der Waals surface area (Å²) in [6, 6.07) is 17.2. The minimum atomic E-state index is -0.287. The van der Waals surface area contributed by atoms with Gasteiger partial charge in [0.15, 0.2) is 0 Å².